The average Bonchev–Trinajstić information content (AvgIpc) is 2.73. The van der Waals surface area contributed by atoms with Crippen LogP contribution >= 0.6 is 11.3 Å². The monoisotopic (exact) mass is 296 g/mol. The molecule has 0 spiro atoms. The third-order valence-electron chi connectivity index (χ3n) is 3.38. The van der Waals surface area contributed by atoms with Gasteiger partial charge < -0.3 is 10.6 Å². The molecule has 1 amide bonds. The molecule has 0 unspecified atom stereocenters. The molecule has 0 atom stereocenters. The van der Waals surface area contributed by atoms with Gasteiger partial charge in [0.25, 0.3) is 0 Å². The molecule has 1 aromatic rings. The zero-order chi connectivity index (χ0) is 14.8. The van der Waals surface area contributed by atoms with Crippen molar-refractivity contribution in [2.24, 2.45) is 5.73 Å². The molecule has 1 aliphatic heterocycles. The van der Waals surface area contributed by atoms with E-state index in [0.29, 0.717) is 6.42 Å². The first kappa shape index (κ1) is 15.4. The Morgan fingerprint density at radius 1 is 1.40 bits per heavy atom. The molecule has 1 saturated heterocycles. The van der Waals surface area contributed by atoms with Crippen molar-refractivity contribution in [1.82, 2.24) is 14.8 Å². The molecule has 2 heterocycles. The zero-order valence-electron chi connectivity index (χ0n) is 12.6. The van der Waals surface area contributed by atoms with Gasteiger partial charge in [0.2, 0.25) is 5.91 Å². The van der Waals surface area contributed by atoms with Crippen molar-refractivity contribution in [2.45, 2.75) is 39.3 Å². The van der Waals surface area contributed by atoms with Gasteiger partial charge >= 0.3 is 0 Å². The molecule has 112 valence electrons. The fourth-order valence-electron chi connectivity index (χ4n) is 2.37. The summed E-state index contributed by atoms with van der Waals surface area (Å²) < 4.78 is 0. The van der Waals surface area contributed by atoms with Crippen LogP contribution < -0.4 is 5.73 Å². The number of carbonyl (C=O) groups excluding carboxylic acids is 1. The van der Waals surface area contributed by atoms with E-state index in [4.69, 9.17) is 5.73 Å². The third kappa shape index (κ3) is 4.54. The maximum atomic E-state index is 12.1. The number of rotatable bonds is 4. The van der Waals surface area contributed by atoms with Crippen LogP contribution in [0.1, 0.15) is 31.0 Å². The van der Waals surface area contributed by atoms with E-state index in [2.05, 4.69) is 15.3 Å². The van der Waals surface area contributed by atoms with Crippen LogP contribution in [-0.4, -0.2) is 52.4 Å². The molecule has 0 bridgehead atoms. The molecular weight excluding hydrogens is 272 g/mol. The maximum Gasteiger partial charge on any atom is 0.224 e. The summed E-state index contributed by atoms with van der Waals surface area (Å²) in [7, 11) is 0. The lowest BCUT2D eigenvalue weighted by molar-refractivity contribution is -0.134. The number of piperazine rings is 1. The van der Waals surface area contributed by atoms with Crippen molar-refractivity contribution in [3.05, 3.63) is 16.1 Å². The quantitative estimate of drug-likeness (QED) is 0.907. The second kappa shape index (κ2) is 6.20. The van der Waals surface area contributed by atoms with Gasteiger partial charge in [0, 0.05) is 50.1 Å². The van der Waals surface area contributed by atoms with E-state index in [9.17, 15) is 4.79 Å². The normalized spacial score (nSPS) is 17.5. The number of nitrogens with zero attached hydrogens (tertiary/aromatic N) is 3. The summed E-state index contributed by atoms with van der Waals surface area (Å²) in [6.45, 7) is 10.1. The molecule has 2 rings (SSSR count). The highest BCUT2D eigenvalue weighted by molar-refractivity contribution is 7.09. The van der Waals surface area contributed by atoms with Crippen LogP contribution in [0.5, 0.6) is 0 Å². The SMILES string of the molecule is Cc1nc(CN2CCN(C(=O)CC(C)(C)N)CC2)cs1. The third-order valence-corrected chi connectivity index (χ3v) is 4.21. The minimum Gasteiger partial charge on any atom is -0.340 e. The lowest BCUT2D eigenvalue weighted by atomic mass is 10.0. The lowest BCUT2D eigenvalue weighted by Gasteiger charge is -2.35. The highest BCUT2D eigenvalue weighted by Crippen LogP contribution is 2.14. The van der Waals surface area contributed by atoms with Crippen molar-refractivity contribution in [2.75, 3.05) is 26.2 Å². The highest BCUT2D eigenvalue weighted by Gasteiger charge is 2.25. The fourth-order valence-corrected chi connectivity index (χ4v) is 2.97. The Morgan fingerprint density at radius 2 is 2.05 bits per heavy atom. The van der Waals surface area contributed by atoms with Gasteiger partial charge in [-0.3, -0.25) is 9.69 Å². The fraction of sp³-hybridized carbons (Fsp3) is 0.714. The molecule has 0 radical (unpaired) electrons. The van der Waals surface area contributed by atoms with E-state index in [-0.39, 0.29) is 5.91 Å². The highest BCUT2D eigenvalue weighted by atomic mass is 32.1. The predicted molar refractivity (Wildman–Crippen MR) is 81.6 cm³/mol. The Hall–Kier alpha value is -0.980. The molecule has 6 heteroatoms. The van der Waals surface area contributed by atoms with E-state index in [0.717, 1.165) is 43.4 Å². The minimum atomic E-state index is -0.424. The van der Waals surface area contributed by atoms with Crippen LogP contribution in [0.2, 0.25) is 0 Å². The Kier molecular flexibility index (Phi) is 4.78. The first-order valence-corrected chi connectivity index (χ1v) is 7.91. The Balaban J connectivity index is 1.79. The second-order valence-electron chi connectivity index (χ2n) is 6.18. The lowest BCUT2D eigenvalue weighted by Crippen LogP contribution is -2.50. The van der Waals surface area contributed by atoms with Gasteiger partial charge in [-0.2, -0.15) is 0 Å². The standard InChI is InChI=1S/C14H24N4OS/c1-11-16-12(10-20-11)9-17-4-6-18(7-5-17)13(19)8-14(2,3)15/h10H,4-9,15H2,1-3H3. The van der Waals surface area contributed by atoms with Gasteiger partial charge in [0.1, 0.15) is 0 Å². The van der Waals surface area contributed by atoms with E-state index >= 15 is 0 Å². The molecule has 5 nitrogen and oxygen atoms in total. The summed E-state index contributed by atoms with van der Waals surface area (Å²) in [5.74, 6) is 0.168. The summed E-state index contributed by atoms with van der Waals surface area (Å²) in [6.07, 6.45) is 0.415. The van der Waals surface area contributed by atoms with Gasteiger partial charge in [-0.25, -0.2) is 4.98 Å². The van der Waals surface area contributed by atoms with E-state index < -0.39 is 5.54 Å². The zero-order valence-corrected chi connectivity index (χ0v) is 13.4. The first-order chi connectivity index (χ1) is 9.33. The number of nitrogens with two attached hydrogens (primary N) is 1. The van der Waals surface area contributed by atoms with Gasteiger partial charge in [-0.15, -0.1) is 11.3 Å². The average molecular weight is 296 g/mol. The van der Waals surface area contributed by atoms with Crippen molar-refractivity contribution < 1.29 is 4.79 Å². The number of carbonyl (C=O) groups is 1. The summed E-state index contributed by atoms with van der Waals surface area (Å²) >= 11 is 1.69. The molecule has 0 aliphatic carbocycles. The molecule has 1 aliphatic rings. The number of hydrogen-bond acceptors (Lipinski definition) is 5. The van der Waals surface area contributed by atoms with Crippen molar-refractivity contribution >= 4 is 17.2 Å². The summed E-state index contributed by atoms with van der Waals surface area (Å²) in [5, 5.41) is 3.23. The Labute approximate surface area is 124 Å². The molecule has 0 saturated carbocycles. The van der Waals surface area contributed by atoms with Crippen LogP contribution in [0.3, 0.4) is 0 Å². The number of aryl methyl sites for hydroxylation is 1. The van der Waals surface area contributed by atoms with E-state index in [1.54, 1.807) is 11.3 Å². The number of thiazole rings is 1. The largest absolute Gasteiger partial charge is 0.340 e. The Morgan fingerprint density at radius 3 is 2.55 bits per heavy atom. The number of aromatic nitrogens is 1. The maximum absolute atomic E-state index is 12.1. The number of amides is 1. The molecule has 0 aromatic carbocycles. The molecule has 1 aromatic heterocycles. The Bertz CT molecular complexity index is 458. The van der Waals surface area contributed by atoms with Gasteiger partial charge in [0.05, 0.1) is 10.7 Å². The van der Waals surface area contributed by atoms with Crippen LogP contribution in [0.15, 0.2) is 5.38 Å². The summed E-state index contributed by atoms with van der Waals surface area (Å²) in [6, 6.07) is 0. The van der Waals surface area contributed by atoms with E-state index in [1.165, 1.54) is 0 Å². The van der Waals surface area contributed by atoms with Gasteiger partial charge in [-0.1, -0.05) is 0 Å². The topological polar surface area (TPSA) is 62.5 Å². The minimum absolute atomic E-state index is 0.168. The van der Waals surface area contributed by atoms with Crippen LogP contribution in [0.25, 0.3) is 0 Å². The smallest absolute Gasteiger partial charge is 0.224 e. The summed E-state index contributed by atoms with van der Waals surface area (Å²) in [4.78, 5) is 20.9. The molecule has 20 heavy (non-hydrogen) atoms. The second-order valence-corrected chi connectivity index (χ2v) is 7.24. The molecular formula is C14H24N4OS. The van der Waals surface area contributed by atoms with Crippen molar-refractivity contribution in [3.8, 4) is 0 Å². The molecule has 2 N–H and O–H groups in total. The van der Waals surface area contributed by atoms with Crippen LogP contribution in [0, 0.1) is 6.92 Å². The van der Waals surface area contributed by atoms with Crippen molar-refractivity contribution in [3.63, 3.8) is 0 Å². The summed E-state index contributed by atoms with van der Waals surface area (Å²) in [5.41, 5.74) is 6.62. The predicted octanol–water partition coefficient (Wildman–Crippen LogP) is 1.22. The van der Waals surface area contributed by atoms with Crippen LogP contribution in [-0.2, 0) is 11.3 Å². The van der Waals surface area contributed by atoms with E-state index in [1.807, 2.05) is 25.7 Å². The van der Waals surface area contributed by atoms with Crippen molar-refractivity contribution in [1.29, 1.82) is 0 Å². The number of hydrogen-bond donors (Lipinski definition) is 1. The first-order valence-electron chi connectivity index (χ1n) is 7.03. The van der Waals surface area contributed by atoms with Gasteiger partial charge in [0.15, 0.2) is 0 Å². The van der Waals surface area contributed by atoms with Crippen LogP contribution in [0.4, 0.5) is 0 Å². The molecule has 1 fully saturated rings. The van der Waals surface area contributed by atoms with Gasteiger partial charge in [-0.05, 0) is 20.8 Å².